The molecule has 0 amide bonds. The van der Waals surface area contributed by atoms with Crippen LogP contribution in [-0.2, 0) is 10.0 Å². The zero-order chi connectivity index (χ0) is 18.3. The van der Waals surface area contributed by atoms with E-state index in [4.69, 9.17) is 4.74 Å². The number of aromatic nitrogens is 1. The Labute approximate surface area is 155 Å². The summed E-state index contributed by atoms with van der Waals surface area (Å²) in [5.74, 6) is -0.164. The van der Waals surface area contributed by atoms with Gasteiger partial charge in [-0.2, -0.15) is 4.31 Å². The number of benzene rings is 2. The number of hydrogen-bond acceptors (Lipinski definition) is 6. The highest BCUT2D eigenvalue weighted by Gasteiger charge is 2.38. The first-order valence-electron chi connectivity index (χ1n) is 8.07. The predicted molar refractivity (Wildman–Crippen MR) is 99.2 cm³/mol. The van der Waals surface area contributed by atoms with Crippen LogP contribution in [0.3, 0.4) is 0 Å². The maximum atomic E-state index is 12.7. The molecule has 3 aromatic rings. The highest BCUT2D eigenvalue weighted by atomic mass is 32.2. The van der Waals surface area contributed by atoms with Gasteiger partial charge >= 0.3 is 0 Å². The molecule has 1 aliphatic heterocycles. The number of fused-ring (bicyclic) bond motifs is 1. The minimum Gasteiger partial charge on any atom is -0.464 e. The van der Waals surface area contributed by atoms with Gasteiger partial charge in [-0.15, -0.1) is 0 Å². The third kappa shape index (κ3) is 3.11. The van der Waals surface area contributed by atoms with Gasteiger partial charge in [-0.1, -0.05) is 35.6 Å². The molecule has 6 nitrogen and oxygen atoms in total. The van der Waals surface area contributed by atoms with Crippen LogP contribution < -0.4 is 4.74 Å². The summed E-state index contributed by atoms with van der Waals surface area (Å²) < 4.78 is 33.5. The van der Waals surface area contributed by atoms with Crippen molar-refractivity contribution in [2.24, 2.45) is 0 Å². The van der Waals surface area contributed by atoms with Crippen LogP contribution in [0.4, 0.5) is 0 Å². The second kappa shape index (κ2) is 6.46. The van der Waals surface area contributed by atoms with Gasteiger partial charge in [0.2, 0.25) is 10.0 Å². The highest BCUT2D eigenvalue weighted by Crippen LogP contribution is 2.30. The second-order valence-corrected chi connectivity index (χ2v) is 9.02. The Balaban J connectivity index is 1.45. The smallest absolute Gasteiger partial charge is 0.274 e. The Kier molecular flexibility index (Phi) is 4.26. The van der Waals surface area contributed by atoms with E-state index < -0.39 is 10.0 Å². The first-order valence-corrected chi connectivity index (χ1v) is 10.3. The normalized spacial score (nSPS) is 15.7. The molecule has 1 aromatic heterocycles. The first kappa shape index (κ1) is 17.1. The van der Waals surface area contributed by atoms with Crippen molar-refractivity contribution in [3.8, 4) is 5.19 Å². The average Bonchev–Trinajstić information content (AvgIpc) is 3.00. The molecule has 0 unspecified atom stereocenters. The number of nitrogens with zero attached hydrogens (tertiary/aromatic N) is 2. The fourth-order valence-electron chi connectivity index (χ4n) is 2.74. The molecule has 1 aliphatic rings. The molecule has 1 fully saturated rings. The highest BCUT2D eigenvalue weighted by molar-refractivity contribution is 7.89. The van der Waals surface area contributed by atoms with E-state index in [0.717, 1.165) is 10.2 Å². The molecule has 0 bridgehead atoms. The molecule has 0 saturated carbocycles. The van der Waals surface area contributed by atoms with Crippen molar-refractivity contribution in [3.05, 3.63) is 54.1 Å². The summed E-state index contributed by atoms with van der Waals surface area (Å²) >= 11 is 1.45. The fraction of sp³-hybridized carbons (Fsp3) is 0.222. The van der Waals surface area contributed by atoms with Gasteiger partial charge in [0.1, 0.15) is 6.10 Å². The topological polar surface area (TPSA) is 76.6 Å². The van der Waals surface area contributed by atoms with Gasteiger partial charge in [0.25, 0.3) is 5.19 Å². The average molecular weight is 388 g/mol. The van der Waals surface area contributed by atoms with E-state index >= 15 is 0 Å². The number of sulfonamides is 1. The van der Waals surface area contributed by atoms with Crippen LogP contribution in [0.5, 0.6) is 5.19 Å². The number of rotatable bonds is 5. The van der Waals surface area contributed by atoms with Crippen LogP contribution in [0, 0.1) is 0 Å². The Morgan fingerprint density at radius 2 is 1.96 bits per heavy atom. The third-order valence-electron chi connectivity index (χ3n) is 4.23. The number of thiazole rings is 1. The molecule has 0 radical (unpaired) electrons. The molecular weight excluding hydrogens is 372 g/mol. The zero-order valence-electron chi connectivity index (χ0n) is 14.0. The number of para-hydroxylation sites is 1. The molecule has 2 heterocycles. The van der Waals surface area contributed by atoms with Crippen molar-refractivity contribution in [3.63, 3.8) is 0 Å². The number of ether oxygens (including phenoxy) is 1. The summed E-state index contributed by atoms with van der Waals surface area (Å²) in [4.78, 5) is 16.0. The molecule has 0 N–H and O–H groups in total. The monoisotopic (exact) mass is 388 g/mol. The van der Waals surface area contributed by atoms with Gasteiger partial charge in [-0.05, 0) is 31.2 Å². The van der Waals surface area contributed by atoms with Crippen LogP contribution >= 0.6 is 11.3 Å². The van der Waals surface area contributed by atoms with Crippen LogP contribution in [-0.4, -0.2) is 42.7 Å². The van der Waals surface area contributed by atoms with Gasteiger partial charge in [0, 0.05) is 5.56 Å². The van der Waals surface area contributed by atoms with Crippen molar-refractivity contribution in [1.82, 2.24) is 9.29 Å². The van der Waals surface area contributed by atoms with Crippen molar-refractivity contribution < 1.29 is 17.9 Å². The lowest BCUT2D eigenvalue weighted by Gasteiger charge is -2.37. The van der Waals surface area contributed by atoms with Gasteiger partial charge in [0.15, 0.2) is 5.78 Å². The van der Waals surface area contributed by atoms with Gasteiger partial charge in [-0.25, -0.2) is 13.4 Å². The lowest BCUT2D eigenvalue weighted by Crippen LogP contribution is -2.55. The molecular formula is C18H16N2O4S2. The summed E-state index contributed by atoms with van der Waals surface area (Å²) in [5, 5.41) is 0.548. The largest absolute Gasteiger partial charge is 0.464 e. The van der Waals surface area contributed by atoms with E-state index in [9.17, 15) is 13.2 Å². The van der Waals surface area contributed by atoms with Gasteiger partial charge in [-0.3, -0.25) is 4.79 Å². The van der Waals surface area contributed by atoms with E-state index in [-0.39, 0.29) is 29.9 Å². The number of carbonyl (C=O) groups is 1. The van der Waals surface area contributed by atoms with Gasteiger partial charge in [0.05, 0.1) is 28.2 Å². The van der Waals surface area contributed by atoms with Crippen LogP contribution in [0.1, 0.15) is 17.3 Å². The summed E-state index contributed by atoms with van der Waals surface area (Å²) in [6.45, 7) is 1.95. The number of hydrogen-bond donors (Lipinski definition) is 0. The molecule has 134 valence electrons. The van der Waals surface area contributed by atoms with E-state index in [0.29, 0.717) is 10.8 Å². The quantitative estimate of drug-likeness (QED) is 0.628. The van der Waals surface area contributed by atoms with E-state index in [1.165, 1.54) is 34.7 Å². The van der Waals surface area contributed by atoms with E-state index in [2.05, 4.69) is 4.98 Å². The van der Waals surface area contributed by atoms with Gasteiger partial charge < -0.3 is 4.74 Å². The van der Waals surface area contributed by atoms with Crippen molar-refractivity contribution in [2.75, 3.05) is 13.1 Å². The van der Waals surface area contributed by atoms with Crippen molar-refractivity contribution in [1.29, 1.82) is 0 Å². The molecule has 0 spiro atoms. The standard InChI is InChI=1S/C18H16N2O4S2/c1-12(21)13-5-4-6-15(9-13)26(22,23)20-10-14(11-20)24-18-19-16-7-2-3-8-17(16)25-18/h2-9,14H,10-11H2,1H3. The molecule has 26 heavy (non-hydrogen) atoms. The van der Waals surface area contributed by atoms with Crippen LogP contribution in [0.15, 0.2) is 53.4 Å². The summed E-state index contributed by atoms with van der Waals surface area (Å²) in [6, 6.07) is 13.9. The predicted octanol–water partition coefficient (Wildman–Crippen LogP) is 2.95. The lowest BCUT2D eigenvalue weighted by molar-refractivity contribution is 0.0761. The Hall–Kier alpha value is -2.29. The maximum Gasteiger partial charge on any atom is 0.274 e. The Bertz CT molecular complexity index is 1050. The zero-order valence-corrected chi connectivity index (χ0v) is 15.6. The molecule has 0 atom stereocenters. The lowest BCUT2D eigenvalue weighted by atomic mass is 10.2. The minimum atomic E-state index is -3.62. The number of carbonyl (C=O) groups excluding carboxylic acids is 1. The molecule has 4 rings (SSSR count). The van der Waals surface area contributed by atoms with Crippen molar-refractivity contribution in [2.45, 2.75) is 17.9 Å². The summed E-state index contributed by atoms with van der Waals surface area (Å²) in [5.41, 5.74) is 1.26. The maximum absolute atomic E-state index is 12.7. The second-order valence-electron chi connectivity index (χ2n) is 6.09. The SMILES string of the molecule is CC(=O)c1cccc(S(=O)(=O)N2CC(Oc3nc4ccccc4s3)C2)c1. The third-order valence-corrected chi connectivity index (χ3v) is 6.99. The molecule has 0 aliphatic carbocycles. The Morgan fingerprint density at radius 3 is 2.69 bits per heavy atom. The van der Waals surface area contributed by atoms with Crippen LogP contribution in [0.25, 0.3) is 10.2 Å². The number of Topliss-reactive ketones (excluding diaryl/α,β-unsaturated/α-hetero) is 1. The van der Waals surface area contributed by atoms with Crippen molar-refractivity contribution >= 4 is 37.4 Å². The fourth-order valence-corrected chi connectivity index (χ4v) is 5.17. The van der Waals surface area contributed by atoms with E-state index in [1.807, 2.05) is 24.3 Å². The first-order chi connectivity index (χ1) is 12.4. The molecule has 8 heteroatoms. The van der Waals surface area contributed by atoms with E-state index in [1.54, 1.807) is 12.1 Å². The van der Waals surface area contributed by atoms with Crippen LogP contribution in [0.2, 0.25) is 0 Å². The molecule has 2 aromatic carbocycles. The minimum absolute atomic E-state index is 0.128. The Morgan fingerprint density at radius 1 is 1.19 bits per heavy atom. The summed E-state index contributed by atoms with van der Waals surface area (Å²) in [6.07, 6.45) is -0.221. The number of ketones is 1. The summed E-state index contributed by atoms with van der Waals surface area (Å²) in [7, 11) is -3.62. The molecule has 1 saturated heterocycles.